The highest BCUT2D eigenvalue weighted by Crippen LogP contribution is 2.08. The number of pyridine rings is 1. The molecule has 0 atom stereocenters. The third-order valence-electron chi connectivity index (χ3n) is 3.12. The fourth-order valence-electron chi connectivity index (χ4n) is 2.09. The summed E-state index contributed by atoms with van der Waals surface area (Å²) in [4.78, 5) is 23.5. The van der Waals surface area contributed by atoms with Gasteiger partial charge in [0.15, 0.2) is 0 Å². The largest absolute Gasteiger partial charge is 0.478 e. The second kappa shape index (κ2) is 7.70. The van der Waals surface area contributed by atoms with E-state index in [4.69, 9.17) is 10.2 Å². The third-order valence-corrected chi connectivity index (χ3v) is 3.12. The van der Waals surface area contributed by atoms with Gasteiger partial charge < -0.3 is 10.2 Å². The fourth-order valence-corrected chi connectivity index (χ4v) is 2.09. The van der Waals surface area contributed by atoms with Crippen LogP contribution in [-0.2, 0) is 16.0 Å². The van der Waals surface area contributed by atoms with E-state index < -0.39 is 11.9 Å². The number of nitrogens with zero attached hydrogens (tertiary/aromatic N) is 1. The van der Waals surface area contributed by atoms with Crippen LogP contribution < -0.4 is 10.4 Å². The zero-order chi connectivity index (χ0) is 16.7. The Morgan fingerprint density at radius 1 is 0.957 bits per heavy atom. The third kappa shape index (κ3) is 4.93. The van der Waals surface area contributed by atoms with Gasteiger partial charge in [0.05, 0.1) is 5.69 Å². The predicted molar refractivity (Wildman–Crippen MR) is 86.1 cm³/mol. The van der Waals surface area contributed by atoms with Gasteiger partial charge in [-0.2, -0.15) is 0 Å². The Hall–Kier alpha value is -3.21. The number of hydrogen-bond acceptors (Lipinski definition) is 3. The molecule has 3 rings (SSSR count). The van der Waals surface area contributed by atoms with Crippen LogP contribution in [0.3, 0.4) is 0 Å². The maximum absolute atomic E-state index is 9.55. The van der Waals surface area contributed by atoms with E-state index in [0.29, 0.717) is 12.2 Å². The summed E-state index contributed by atoms with van der Waals surface area (Å²) >= 11 is 0. The zero-order valence-corrected chi connectivity index (χ0v) is 12.2. The summed E-state index contributed by atoms with van der Waals surface area (Å²) in [6.45, 7) is 0. The minimum atomic E-state index is -1.26. The van der Waals surface area contributed by atoms with Gasteiger partial charge in [0.1, 0.15) is 0 Å². The standard InChI is InChI=1S/C14H11N.C4H4O4/c1-2-5-13-10-14-12(6-3-9-15-14)8-7-11(13)4-1;5-3(6)1-2-4(7)8/h1-7,9-10H,8H2;1-2H,(H,5,6)(H,7,8)/b;2-1+. The van der Waals surface area contributed by atoms with E-state index in [2.05, 4.69) is 47.5 Å². The lowest BCUT2D eigenvalue weighted by Crippen LogP contribution is -2.22. The molecule has 0 amide bonds. The molecule has 0 fully saturated rings. The summed E-state index contributed by atoms with van der Waals surface area (Å²) in [5.74, 6) is -2.51. The van der Waals surface area contributed by atoms with Crippen molar-refractivity contribution in [1.82, 2.24) is 4.98 Å². The van der Waals surface area contributed by atoms with Crippen molar-refractivity contribution in [3.63, 3.8) is 0 Å². The molecule has 0 radical (unpaired) electrons. The first-order chi connectivity index (χ1) is 11.1. The first kappa shape index (κ1) is 16.2. The van der Waals surface area contributed by atoms with Gasteiger partial charge in [-0.1, -0.05) is 36.4 Å². The van der Waals surface area contributed by atoms with Crippen molar-refractivity contribution < 1.29 is 19.8 Å². The molecule has 5 heteroatoms. The molecular weight excluding hydrogens is 294 g/mol. The maximum atomic E-state index is 9.55. The molecule has 2 N–H and O–H groups in total. The molecule has 2 aromatic rings. The highest BCUT2D eigenvalue weighted by molar-refractivity contribution is 5.89. The van der Waals surface area contributed by atoms with Crippen LogP contribution in [0.4, 0.5) is 0 Å². The second-order valence-electron chi connectivity index (χ2n) is 4.74. The van der Waals surface area contributed by atoms with Crippen molar-refractivity contribution in [2.45, 2.75) is 6.42 Å². The second-order valence-corrected chi connectivity index (χ2v) is 4.74. The van der Waals surface area contributed by atoms with Gasteiger partial charge in [-0.05, 0) is 34.6 Å². The minimum Gasteiger partial charge on any atom is -0.478 e. The lowest BCUT2D eigenvalue weighted by molar-refractivity contribution is -0.134. The molecule has 116 valence electrons. The molecule has 1 heterocycles. The quantitative estimate of drug-likeness (QED) is 0.807. The van der Waals surface area contributed by atoms with E-state index >= 15 is 0 Å². The van der Waals surface area contributed by atoms with E-state index in [0.717, 1.165) is 12.1 Å². The van der Waals surface area contributed by atoms with E-state index in [-0.39, 0.29) is 0 Å². The van der Waals surface area contributed by atoms with Crippen LogP contribution in [0.15, 0.2) is 54.7 Å². The molecule has 0 spiro atoms. The molecular formula is C18H15NO4. The Balaban J connectivity index is 0.000000207. The number of carboxylic acid groups (broad SMARTS) is 2. The molecule has 23 heavy (non-hydrogen) atoms. The van der Waals surface area contributed by atoms with E-state index in [9.17, 15) is 9.59 Å². The monoisotopic (exact) mass is 309 g/mol. The SMILES string of the molecule is C1=c2ccccc2=Cc2ncccc2C1.O=C(O)/C=C/C(=O)O. The molecule has 0 saturated carbocycles. The summed E-state index contributed by atoms with van der Waals surface area (Å²) in [6, 6.07) is 12.6. The summed E-state index contributed by atoms with van der Waals surface area (Å²) in [7, 11) is 0. The Labute approximate surface area is 132 Å². The molecule has 5 nitrogen and oxygen atoms in total. The van der Waals surface area contributed by atoms with Crippen molar-refractivity contribution >= 4 is 24.1 Å². The minimum absolute atomic E-state index is 0.558. The Morgan fingerprint density at radius 3 is 2.26 bits per heavy atom. The maximum Gasteiger partial charge on any atom is 0.328 e. The van der Waals surface area contributed by atoms with E-state index in [1.54, 1.807) is 0 Å². The van der Waals surface area contributed by atoms with Gasteiger partial charge in [0.2, 0.25) is 0 Å². The van der Waals surface area contributed by atoms with E-state index in [1.807, 2.05) is 12.3 Å². The van der Waals surface area contributed by atoms with Gasteiger partial charge in [-0.25, -0.2) is 9.59 Å². The number of hydrogen-bond donors (Lipinski definition) is 2. The van der Waals surface area contributed by atoms with Gasteiger partial charge >= 0.3 is 11.9 Å². The average molecular weight is 309 g/mol. The molecule has 1 aliphatic carbocycles. The summed E-state index contributed by atoms with van der Waals surface area (Å²) in [5.41, 5.74) is 2.40. The van der Waals surface area contributed by atoms with Crippen molar-refractivity contribution in [3.05, 3.63) is 76.4 Å². The number of rotatable bonds is 2. The van der Waals surface area contributed by atoms with Crippen LogP contribution >= 0.6 is 0 Å². The van der Waals surface area contributed by atoms with Crippen LogP contribution in [0.1, 0.15) is 11.3 Å². The normalized spacial score (nSPS) is 11.7. The molecule has 0 saturated heterocycles. The van der Waals surface area contributed by atoms with Crippen LogP contribution in [0, 0.1) is 0 Å². The van der Waals surface area contributed by atoms with Crippen LogP contribution in [-0.4, -0.2) is 27.1 Å². The van der Waals surface area contributed by atoms with Crippen LogP contribution in [0.5, 0.6) is 0 Å². The molecule has 0 aliphatic heterocycles. The molecule has 1 aliphatic rings. The van der Waals surface area contributed by atoms with Crippen molar-refractivity contribution in [1.29, 1.82) is 0 Å². The van der Waals surface area contributed by atoms with Gasteiger partial charge in [0.25, 0.3) is 0 Å². The van der Waals surface area contributed by atoms with Crippen molar-refractivity contribution in [3.8, 4) is 0 Å². The summed E-state index contributed by atoms with van der Waals surface area (Å²) in [6.07, 6.45) is 8.36. The van der Waals surface area contributed by atoms with Crippen LogP contribution in [0.25, 0.3) is 12.2 Å². The molecule has 0 unspecified atom stereocenters. The first-order valence-electron chi connectivity index (χ1n) is 6.91. The van der Waals surface area contributed by atoms with E-state index in [1.165, 1.54) is 16.0 Å². The first-order valence-corrected chi connectivity index (χ1v) is 6.91. The molecule has 1 aromatic heterocycles. The Morgan fingerprint density at radius 2 is 1.61 bits per heavy atom. The average Bonchev–Trinajstić information content (AvgIpc) is 2.72. The lowest BCUT2D eigenvalue weighted by atomic mass is 10.1. The predicted octanol–water partition coefficient (Wildman–Crippen LogP) is 0.959. The number of aliphatic carboxylic acids is 2. The number of carbonyl (C=O) groups is 2. The number of fused-ring (bicyclic) bond motifs is 2. The molecule has 0 bridgehead atoms. The summed E-state index contributed by atoms with van der Waals surface area (Å²) < 4.78 is 0. The zero-order valence-electron chi connectivity index (χ0n) is 12.2. The van der Waals surface area contributed by atoms with Gasteiger partial charge in [0, 0.05) is 18.3 Å². The summed E-state index contributed by atoms with van der Waals surface area (Å²) in [5, 5.41) is 18.2. The van der Waals surface area contributed by atoms with Crippen molar-refractivity contribution in [2.24, 2.45) is 0 Å². The molecule has 1 aromatic carbocycles. The number of benzene rings is 1. The Kier molecular flexibility index (Phi) is 5.41. The van der Waals surface area contributed by atoms with Crippen LogP contribution in [0.2, 0.25) is 0 Å². The van der Waals surface area contributed by atoms with Gasteiger partial charge in [-0.15, -0.1) is 0 Å². The number of aromatic nitrogens is 1. The number of carboxylic acids is 2. The smallest absolute Gasteiger partial charge is 0.328 e. The van der Waals surface area contributed by atoms with Crippen molar-refractivity contribution in [2.75, 3.05) is 0 Å². The van der Waals surface area contributed by atoms with Gasteiger partial charge in [-0.3, -0.25) is 4.98 Å². The fraction of sp³-hybridized carbons (Fsp3) is 0.0556. The highest BCUT2D eigenvalue weighted by atomic mass is 16.4. The topological polar surface area (TPSA) is 87.5 Å². The Bertz CT molecular complexity index is 853. The highest BCUT2D eigenvalue weighted by Gasteiger charge is 2.01. The lowest BCUT2D eigenvalue weighted by Gasteiger charge is -1.98.